The molecule has 1 fully saturated rings. The Hall–Kier alpha value is -1.16. The second kappa shape index (κ2) is 4.61. The summed E-state index contributed by atoms with van der Waals surface area (Å²) < 4.78 is 1.04. The summed E-state index contributed by atoms with van der Waals surface area (Å²) in [5, 5.41) is 11.6. The van der Waals surface area contributed by atoms with Crippen molar-refractivity contribution in [2.45, 2.75) is 31.7 Å². The van der Waals surface area contributed by atoms with Gasteiger partial charge in [0.1, 0.15) is 5.69 Å². The van der Waals surface area contributed by atoms with E-state index in [1.54, 1.807) is 6.07 Å². The molecule has 2 rings (SSSR count). The van der Waals surface area contributed by atoms with Crippen molar-refractivity contribution in [2.75, 3.05) is 0 Å². The number of amides is 1. The number of nitrogens with zero attached hydrogens (tertiary/aromatic N) is 2. The van der Waals surface area contributed by atoms with E-state index in [2.05, 4.69) is 39.0 Å². The molecule has 0 unspecified atom stereocenters. The van der Waals surface area contributed by atoms with Crippen LogP contribution in [0.2, 0.25) is 0 Å². The lowest BCUT2D eigenvalue weighted by molar-refractivity contribution is 0.0927. The maximum atomic E-state index is 12.0. The molecule has 1 aliphatic rings. The van der Waals surface area contributed by atoms with Gasteiger partial charge in [0.25, 0.3) is 5.91 Å². The highest BCUT2D eigenvalue weighted by atomic mass is 127. The zero-order chi connectivity index (χ0) is 12.5. The molecule has 1 aromatic rings. The van der Waals surface area contributed by atoms with Crippen LogP contribution in [0.3, 0.4) is 0 Å². The van der Waals surface area contributed by atoms with Crippen LogP contribution in [-0.2, 0) is 0 Å². The third-order valence-corrected chi connectivity index (χ3v) is 4.04. The van der Waals surface area contributed by atoms with Crippen molar-refractivity contribution in [3.8, 4) is 6.07 Å². The summed E-state index contributed by atoms with van der Waals surface area (Å²) in [5.41, 5.74) is 0.986. The average Bonchev–Trinajstić information content (AvgIpc) is 3.02. The van der Waals surface area contributed by atoms with E-state index in [1.807, 2.05) is 13.0 Å². The Labute approximate surface area is 114 Å². The minimum absolute atomic E-state index is 0.183. The fourth-order valence-corrected chi connectivity index (χ4v) is 1.92. The fraction of sp³-hybridized carbons (Fsp3) is 0.417. The molecule has 0 saturated heterocycles. The van der Waals surface area contributed by atoms with E-state index < -0.39 is 0 Å². The van der Waals surface area contributed by atoms with Crippen LogP contribution in [0.15, 0.2) is 12.1 Å². The number of aromatic nitrogens is 1. The van der Waals surface area contributed by atoms with E-state index in [0.717, 1.165) is 22.1 Å². The van der Waals surface area contributed by atoms with E-state index >= 15 is 0 Å². The molecule has 1 aliphatic carbocycles. The van der Waals surface area contributed by atoms with Crippen molar-refractivity contribution in [1.82, 2.24) is 10.3 Å². The predicted molar refractivity (Wildman–Crippen MR) is 71.4 cm³/mol. The van der Waals surface area contributed by atoms with Crippen molar-refractivity contribution >= 4 is 28.5 Å². The van der Waals surface area contributed by atoms with Gasteiger partial charge in [0.15, 0.2) is 0 Å². The Balaban J connectivity index is 2.10. The van der Waals surface area contributed by atoms with Gasteiger partial charge in [-0.1, -0.05) is 0 Å². The van der Waals surface area contributed by atoms with Crippen LogP contribution < -0.4 is 5.32 Å². The number of hydrogen-bond acceptors (Lipinski definition) is 3. The number of halogens is 1. The van der Waals surface area contributed by atoms with Crippen molar-refractivity contribution in [3.63, 3.8) is 0 Å². The Morgan fingerprint density at radius 1 is 1.65 bits per heavy atom. The molecule has 1 saturated carbocycles. The lowest BCUT2D eigenvalue weighted by Crippen LogP contribution is -2.37. The van der Waals surface area contributed by atoms with Gasteiger partial charge in [-0.15, -0.1) is 0 Å². The fourth-order valence-electron chi connectivity index (χ4n) is 1.62. The quantitative estimate of drug-likeness (QED) is 0.857. The van der Waals surface area contributed by atoms with Gasteiger partial charge in [-0.05, 0) is 54.5 Å². The first kappa shape index (κ1) is 12.3. The van der Waals surface area contributed by atoms with Crippen molar-refractivity contribution in [3.05, 3.63) is 27.1 Å². The highest BCUT2D eigenvalue weighted by Crippen LogP contribution is 2.38. The molecule has 0 atom stereocenters. The first-order valence-corrected chi connectivity index (χ1v) is 6.47. The topological polar surface area (TPSA) is 65.8 Å². The molecule has 4 nitrogen and oxygen atoms in total. The van der Waals surface area contributed by atoms with Crippen molar-refractivity contribution < 1.29 is 4.79 Å². The zero-order valence-electron chi connectivity index (χ0n) is 9.46. The minimum Gasteiger partial charge on any atom is -0.344 e. The van der Waals surface area contributed by atoms with Crippen LogP contribution in [-0.4, -0.2) is 16.4 Å². The number of hydrogen-bond donors (Lipinski definition) is 1. The van der Waals surface area contributed by atoms with E-state index in [4.69, 9.17) is 5.26 Å². The molecule has 1 amide bonds. The third kappa shape index (κ3) is 2.75. The number of pyridine rings is 1. The number of nitrogens with one attached hydrogen (secondary N) is 1. The summed E-state index contributed by atoms with van der Waals surface area (Å²) in [5.74, 6) is -0.183. The van der Waals surface area contributed by atoms with Crippen molar-refractivity contribution in [2.24, 2.45) is 0 Å². The van der Waals surface area contributed by atoms with Crippen LogP contribution >= 0.6 is 22.6 Å². The average molecular weight is 341 g/mol. The van der Waals surface area contributed by atoms with Gasteiger partial charge < -0.3 is 5.32 Å². The SMILES string of the molecule is Cc1nc(C(=O)NC2(CC#N)CC2)ccc1I. The molecule has 17 heavy (non-hydrogen) atoms. The first-order valence-electron chi connectivity index (χ1n) is 5.39. The summed E-state index contributed by atoms with van der Waals surface area (Å²) >= 11 is 2.18. The van der Waals surface area contributed by atoms with Gasteiger partial charge >= 0.3 is 0 Å². The van der Waals surface area contributed by atoms with Crippen LogP contribution in [0.5, 0.6) is 0 Å². The van der Waals surface area contributed by atoms with E-state index in [-0.39, 0.29) is 11.4 Å². The summed E-state index contributed by atoms with van der Waals surface area (Å²) in [6.07, 6.45) is 2.15. The first-order chi connectivity index (χ1) is 8.06. The van der Waals surface area contributed by atoms with Crippen LogP contribution in [0.4, 0.5) is 0 Å². The molecule has 1 N–H and O–H groups in total. The molecule has 0 spiro atoms. The molecule has 0 bridgehead atoms. The predicted octanol–water partition coefficient (Wildman–Crippen LogP) is 2.17. The Kier molecular flexibility index (Phi) is 3.33. The number of carbonyl (C=O) groups is 1. The standard InChI is InChI=1S/C12H12IN3O/c1-8-9(13)2-3-10(15-8)11(17)16-12(4-5-12)6-7-14/h2-3H,4-6H2,1H3,(H,16,17). The van der Waals surface area contributed by atoms with Crippen LogP contribution in [0, 0.1) is 21.8 Å². The van der Waals surface area contributed by atoms with E-state index in [9.17, 15) is 4.79 Å². The van der Waals surface area contributed by atoms with Gasteiger partial charge in [0.2, 0.25) is 0 Å². The molecule has 88 valence electrons. The second-order valence-electron chi connectivity index (χ2n) is 4.33. The summed E-state index contributed by atoms with van der Waals surface area (Å²) in [4.78, 5) is 16.2. The highest BCUT2D eigenvalue weighted by Gasteiger charge is 2.44. The molecule has 0 aliphatic heterocycles. The lowest BCUT2D eigenvalue weighted by Gasteiger charge is -2.13. The second-order valence-corrected chi connectivity index (χ2v) is 5.50. The Bertz CT molecular complexity index is 503. The smallest absolute Gasteiger partial charge is 0.270 e. The van der Waals surface area contributed by atoms with E-state index in [1.165, 1.54) is 0 Å². The number of rotatable bonds is 3. The van der Waals surface area contributed by atoms with Gasteiger partial charge in [0.05, 0.1) is 23.7 Å². The Morgan fingerprint density at radius 2 is 2.35 bits per heavy atom. The molecule has 1 heterocycles. The van der Waals surface area contributed by atoms with Crippen LogP contribution in [0.25, 0.3) is 0 Å². The van der Waals surface area contributed by atoms with E-state index in [0.29, 0.717) is 12.1 Å². The summed E-state index contributed by atoms with van der Waals surface area (Å²) in [6.45, 7) is 1.88. The van der Waals surface area contributed by atoms with Crippen LogP contribution in [0.1, 0.15) is 35.4 Å². The maximum Gasteiger partial charge on any atom is 0.270 e. The van der Waals surface area contributed by atoms with Gasteiger partial charge in [-0.25, -0.2) is 4.98 Å². The molecule has 5 heteroatoms. The normalized spacial score (nSPS) is 16.1. The largest absolute Gasteiger partial charge is 0.344 e. The molecule has 0 aromatic carbocycles. The number of carbonyl (C=O) groups excluding carboxylic acids is 1. The van der Waals surface area contributed by atoms with Gasteiger partial charge in [-0.3, -0.25) is 4.79 Å². The number of aryl methyl sites for hydroxylation is 1. The summed E-state index contributed by atoms with van der Waals surface area (Å²) in [6, 6.07) is 5.70. The molecule has 1 aromatic heterocycles. The Morgan fingerprint density at radius 3 is 2.88 bits per heavy atom. The van der Waals surface area contributed by atoms with Crippen molar-refractivity contribution in [1.29, 1.82) is 5.26 Å². The zero-order valence-corrected chi connectivity index (χ0v) is 11.6. The molecule has 0 radical (unpaired) electrons. The third-order valence-electron chi connectivity index (χ3n) is 2.90. The number of nitriles is 1. The van der Waals surface area contributed by atoms with Gasteiger partial charge in [-0.2, -0.15) is 5.26 Å². The molecular formula is C12H12IN3O. The monoisotopic (exact) mass is 341 g/mol. The highest BCUT2D eigenvalue weighted by molar-refractivity contribution is 14.1. The minimum atomic E-state index is -0.287. The maximum absolute atomic E-state index is 12.0. The molecular weight excluding hydrogens is 329 g/mol. The summed E-state index contributed by atoms with van der Waals surface area (Å²) in [7, 11) is 0. The van der Waals surface area contributed by atoms with Gasteiger partial charge in [0, 0.05) is 3.57 Å². The lowest BCUT2D eigenvalue weighted by atomic mass is 10.2.